The number of sulfonamides is 1. The third-order valence-electron chi connectivity index (χ3n) is 4.18. The number of hydrogen-bond donors (Lipinski definition) is 1. The minimum Gasteiger partial charge on any atom is -0.279 e. The van der Waals surface area contributed by atoms with E-state index >= 15 is 0 Å². The standard InChI is InChI=1S/C21H14F2N2O2S2/c22-14-9-11-15(12-10-14)29(26,27)25-19-8-4-2-6-17(19)20-13-28-21(24-20)16-5-1-3-7-18(16)23/h1-13,25H. The Labute approximate surface area is 170 Å². The first-order chi connectivity index (χ1) is 13.9. The van der Waals surface area contributed by atoms with E-state index in [-0.39, 0.29) is 10.7 Å². The lowest BCUT2D eigenvalue weighted by Crippen LogP contribution is -2.13. The van der Waals surface area contributed by atoms with Crippen molar-refractivity contribution >= 4 is 27.0 Å². The molecule has 4 rings (SSSR count). The zero-order chi connectivity index (χ0) is 20.4. The Morgan fingerprint density at radius 3 is 2.21 bits per heavy atom. The van der Waals surface area contributed by atoms with E-state index in [1.54, 1.807) is 47.8 Å². The zero-order valence-corrected chi connectivity index (χ0v) is 16.5. The summed E-state index contributed by atoms with van der Waals surface area (Å²) in [6, 6.07) is 17.7. The number of anilines is 1. The number of nitrogens with one attached hydrogen (secondary N) is 1. The lowest BCUT2D eigenvalue weighted by molar-refractivity contribution is 0.599. The molecule has 4 nitrogen and oxygen atoms in total. The second kappa shape index (κ2) is 7.73. The Balaban J connectivity index is 1.69. The second-order valence-corrected chi connectivity index (χ2v) is 8.66. The highest BCUT2D eigenvalue weighted by atomic mass is 32.2. The van der Waals surface area contributed by atoms with Crippen LogP contribution >= 0.6 is 11.3 Å². The Morgan fingerprint density at radius 1 is 0.828 bits per heavy atom. The number of aromatic nitrogens is 1. The summed E-state index contributed by atoms with van der Waals surface area (Å²) in [6.07, 6.45) is 0. The molecule has 0 saturated carbocycles. The molecule has 0 saturated heterocycles. The molecule has 1 aromatic heterocycles. The molecule has 0 unspecified atom stereocenters. The van der Waals surface area contributed by atoms with E-state index in [0.29, 0.717) is 27.5 Å². The predicted octanol–water partition coefficient (Wildman–Crippen LogP) is 5.56. The summed E-state index contributed by atoms with van der Waals surface area (Å²) in [5.74, 6) is -0.897. The molecule has 0 fully saturated rings. The van der Waals surface area contributed by atoms with E-state index in [1.807, 2.05) is 0 Å². The topological polar surface area (TPSA) is 59.1 Å². The van der Waals surface area contributed by atoms with Crippen molar-refractivity contribution in [2.45, 2.75) is 4.90 Å². The molecule has 3 aromatic carbocycles. The van der Waals surface area contributed by atoms with E-state index in [0.717, 1.165) is 12.1 Å². The molecule has 8 heteroatoms. The van der Waals surface area contributed by atoms with Crippen LogP contribution in [0, 0.1) is 11.6 Å². The maximum atomic E-state index is 14.1. The first-order valence-electron chi connectivity index (χ1n) is 8.52. The van der Waals surface area contributed by atoms with E-state index in [4.69, 9.17) is 0 Å². The summed E-state index contributed by atoms with van der Waals surface area (Å²) in [6.45, 7) is 0. The van der Waals surface area contributed by atoms with Crippen LogP contribution in [0.25, 0.3) is 21.8 Å². The van der Waals surface area contributed by atoms with Crippen molar-refractivity contribution in [3.63, 3.8) is 0 Å². The summed E-state index contributed by atoms with van der Waals surface area (Å²) >= 11 is 1.27. The van der Waals surface area contributed by atoms with Crippen molar-refractivity contribution in [3.8, 4) is 21.8 Å². The smallest absolute Gasteiger partial charge is 0.261 e. The second-order valence-electron chi connectivity index (χ2n) is 6.12. The first-order valence-corrected chi connectivity index (χ1v) is 10.9. The molecule has 0 radical (unpaired) electrons. The van der Waals surface area contributed by atoms with Crippen molar-refractivity contribution in [1.29, 1.82) is 0 Å². The van der Waals surface area contributed by atoms with E-state index < -0.39 is 15.8 Å². The van der Waals surface area contributed by atoms with Gasteiger partial charge in [0.15, 0.2) is 0 Å². The van der Waals surface area contributed by atoms with Crippen LogP contribution < -0.4 is 4.72 Å². The molecule has 0 aliphatic heterocycles. The predicted molar refractivity (Wildman–Crippen MR) is 110 cm³/mol. The quantitative estimate of drug-likeness (QED) is 0.453. The largest absolute Gasteiger partial charge is 0.279 e. The number of para-hydroxylation sites is 1. The van der Waals surface area contributed by atoms with E-state index in [9.17, 15) is 17.2 Å². The molecule has 0 aliphatic rings. The first kappa shape index (κ1) is 19.2. The number of thiazole rings is 1. The Kier molecular flexibility index (Phi) is 5.12. The number of hydrogen-bond acceptors (Lipinski definition) is 4. The average molecular weight is 428 g/mol. The molecule has 0 amide bonds. The molecule has 0 spiro atoms. The van der Waals surface area contributed by atoms with Crippen LogP contribution in [-0.2, 0) is 10.0 Å². The van der Waals surface area contributed by atoms with Crippen LogP contribution in [0.2, 0.25) is 0 Å². The molecule has 0 bridgehead atoms. The van der Waals surface area contributed by atoms with Crippen LogP contribution in [0.15, 0.2) is 83.1 Å². The Bertz CT molecular complexity index is 1270. The number of nitrogens with zero attached hydrogens (tertiary/aromatic N) is 1. The van der Waals surface area contributed by atoms with Crippen LogP contribution in [0.4, 0.5) is 14.5 Å². The minimum absolute atomic E-state index is 0.0565. The van der Waals surface area contributed by atoms with Gasteiger partial charge in [-0.3, -0.25) is 4.72 Å². The summed E-state index contributed by atoms with van der Waals surface area (Å²) in [5.41, 5.74) is 1.78. The summed E-state index contributed by atoms with van der Waals surface area (Å²) in [7, 11) is -3.91. The molecule has 1 N–H and O–H groups in total. The molecule has 0 atom stereocenters. The molecule has 29 heavy (non-hydrogen) atoms. The van der Waals surface area contributed by atoms with E-state index in [1.165, 1.54) is 29.5 Å². The monoisotopic (exact) mass is 428 g/mol. The van der Waals surface area contributed by atoms with Crippen LogP contribution in [0.5, 0.6) is 0 Å². The lowest BCUT2D eigenvalue weighted by Gasteiger charge is -2.11. The SMILES string of the molecule is O=S(=O)(Nc1ccccc1-c1csc(-c2ccccc2F)n1)c1ccc(F)cc1. The summed E-state index contributed by atoms with van der Waals surface area (Å²) < 4.78 is 55.0. The van der Waals surface area contributed by atoms with Gasteiger partial charge in [-0.2, -0.15) is 0 Å². The Morgan fingerprint density at radius 2 is 1.48 bits per heavy atom. The van der Waals surface area contributed by atoms with Gasteiger partial charge < -0.3 is 0 Å². The molecular formula is C21H14F2N2O2S2. The van der Waals surface area contributed by atoms with Crippen LogP contribution in [0.3, 0.4) is 0 Å². The minimum atomic E-state index is -3.91. The Hall–Kier alpha value is -3.10. The molecule has 4 aromatic rings. The summed E-state index contributed by atoms with van der Waals surface area (Å²) in [4.78, 5) is 4.42. The van der Waals surface area contributed by atoms with E-state index in [2.05, 4.69) is 9.71 Å². The molecule has 0 aliphatic carbocycles. The molecular weight excluding hydrogens is 414 g/mol. The van der Waals surface area contributed by atoms with Crippen molar-refractivity contribution < 1.29 is 17.2 Å². The van der Waals surface area contributed by atoms with Gasteiger partial charge in [0.05, 0.1) is 16.3 Å². The van der Waals surface area contributed by atoms with Gasteiger partial charge in [-0.25, -0.2) is 22.2 Å². The summed E-state index contributed by atoms with van der Waals surface area (Å²) in [5, 5.41) is 2.24. The third-order valence-corrected chi connectivity index (χ3v) is 6.44. The average Bonchev–Trinajstić information content (AvgIpc) is 3.18. The van der Waals surface area contributed by atoms with Crippen molar-refractivity contribution in [2.24, 2.45) is 0 Å². The van der Waals surface area contributed by atoms with Crippen molar-refractivity contribution in [3.05, 3.63) is 89.8 Å². The van der Waals surface area contributed by atoms with Gasteiger partial charge in [-0.15, -0.1) is 11.3 Å². The number of benzene rings is 3. The van der Waals surface area contributed by atoms with Crippen molar-refractivity contribution in [2.75, 3.05) is 4.72 Å². The molecule has 1 heterocycles. The fourth-order valence-electron chi connectivity index (χ4n) is 2.77. The zero-order valence-electron chi connectivity index (χ0n) is 14.8. The van der Waals surface area contributed by atoms with Gasteiger partial charge >= 0.3 is 0 Å². The van der Waals surface area contributed by atoms with Crippen LogP contribution in [0.1, 0.15) is 0 Å². The van der Waals surface area contributed by atoms with Crippen molar-refractivity contribution in [1.82, 2.24) is 4.98 Å². The fourth-order valence-corrected chi connectivity index (χ4v) is 4.69. The highest BCUT2D eigenvalue weighted by Crippen LogP contribution is 2.34. The number of rotatable bonds is 5. The lowest BCUT2D eigenvalue weighted by atomic mass is 10.1. The highest BCUT2D eigenvalue weighted by molar-refractivity contribution is 7.92. The van der Waals surface area contributed by atoms with Gasteiger partial charge in [0.25, 0.3) is 10.0 Å². The maximum absolute atomic E-state index is 14.1. The van der Waals surface area contributed by atoms with Gasteiger partial charge in [-0.05, 0) is 42.5 Å². The maximum Gasteiger partial charge on any atom is 0.261 e. The fraction of sp³-hybridized carbons (Fsp3) is 0. The normalized spacial score (nSPS) is 11.4. The van der Waals surface area contributed by atoms with Gasteiger partial charge in [0.2, 0.25) is 0 Å². The van der Waals surface area contributed by atoms with Gasteiger partial charge in [0.1, 0.15) is 16.6 Å². The third kappa shape index (κ3) is 4.03. The van der Waals surface area contributed by atoms with Crippen LogP contribution in [-0.4, -0.2) is 13.4 Å². The number of halogens is 2. The highest BCUT2D eigenvalue weighted by Gasteiger charge is 2.18. The van der Waals surface area contributed by atoms with Gasteiger partial charge in [-0.1, -0.05) is 30.3 Å². The van der Waals surface area contributed by atoms with Gasteiger partial charge in [0, 0.05) is 16.5 Å². The molecule has 146 valence electrons.